The molecule has 1 aromatic carbocycles. The van der Waals surface area contributed by atoms with Crippen molar-refractivity contribution in [2.75, 3.05) is 14.1 Å². The van der Waals surface area contributed by atoms with E-state index in [4.69, 9.17) is 0 Å². The first-order valence-electron chi connectivity index (χ1n) is 9.05. The van der Waals surface area contributed by atoms with E-state index in [0.29, 0.717) is 28.0 Å². The van der Waals surface area contributed by atoms with Crippen molar-refractivity contribution in [3.63, 3.8) is 0 Å². The summed E-state index contributed by atoms with van der Waals surface area (Å²) >= 11 is 1.29. The van der Waals surface area contributed by atoms with Gasteiger partial charge in [-0.15, -0.1) is 11.8 Å². The van der Waals surface area contributed by atoms with Gasteiger partial charge in [-0.1, -0.05) is 17.1 Å². The smallest absolute Gasteiger partial charge is 0.255 e. The van der Waals surface area contributed by atoms with Crippen LogP contribution in [-0.2, 0) is 16.7 Å². The van der Waals surface area contributed by atoms with E-state index in [0.717, 1.165) is 29.9 Å². The van der Waals surface area contributed by atoms with Gasteiger partial charge >= 0.3 is 18.1 Å². The topological polar surface area (TPSA) is 65.1 Å². The SMILES string of the molecule is CN1C(=O)C2C(SCc3ccc(C(F)(F)F)cc3)=NC(C3CC3)=NC2=[N+](C)C1=O. The number of thioether (sulfide) groups is 1. The fraction of sp³-hybridized carbons (Fsp3) is 0.421. The molecule has 0 N–H and O–H groups in total. The van der Waals surface area contributed by atoms with Crippen LogP contribution in [0.1, 0.15) is 24.0 Å². The second kappa shape index (κ2) is 7.08. The predicted octanol–water partition coefficient (Wildman–Crippen LogP) is 3.41. The van der Waals surface area contributed by atoms with E-state index in [-0.39, 0.29) is 5.92 Å². The number of carbonyl (C=O) groups excluding carboxylic acids is 2. The molecule has 2 heterocycles. The largest absolute Gasteiger partial charge is 0.445 e. The molecule has 0 saturated heterocycles. The van der Waals surface area contributed by atoms with Gasteiger partial charge in [-0.3, -0.25) is 4.79 Å². The number of imide groups is 1. The summed E-state index contributed by atoms with van der Waals surface area (Å²) in [6.07, 6.45) is -2.46. The molecule has 0 bridgehead atoms. The number of amides is 3. The molecule has 0 aromatic heterocycles. The maximum atomic E-state index is 12.8. The summed E-state index contributed by atoms with van der Waals surface area (Å²) < 4.78 is 39.6. The number of nitrogens with zero attached hydrogens (tertiary/aromatic N) is 4. The molecule has 152 valence electrons. The van der Waals surface area contributed by atoms with Crippen LogP contribution in [0.4, 0.5) is 18.0 Å². The molecule has 1 atom stereocenters. The molecule has 0 radical (unpaired) electrons. The van der Waals surface area contributed by atoms with Crippen molar-refractivity contribution >= 4 is 40.4 Å². The van der Waals surface area contributed by atoms with E-state index in [9.17, 15) is 22.8 Å². The highest BCUT2D eigenvalue weighted by Crippen LogP contribution is 2.36. The predicted molar refractivity (Wildman–Crippen MR) is 103 cm³/mol. The third-order valence-corrected chi connectivity index (χ3v) is 6.16. The number of fused-ring (bicyclic) bond motifs is 1. The highest BCUT2D eigenvalue weighted by Gasteiger charge is 2.50. The van der Waals surface area contributed by atoms with Crippen LogP contribution in [0.15, 0.2) is 34.3 Å². The number of benzene rings is 1. The Morgan fingerprint density at radius 1 is 1.17 bits per heavy atom. The van der Waals surface area contributed by atoms with Crippen LogP contribution in [0.25, 0.3) is 0 Å². The van der Waals surface area contributed by atoms with Gasteiger partial charge in [-0.25, -0.2) is 9.79 Å². The van der Waals surface area contributed by atoms with Gasteiger partial charge in [0, 0.05) is 11.7 Å². The monoisotopic (exact) mass is 423 g/mol. The normalized spacial score (nSPS) is 22.5. The Balaban J connectivity index is 1.61. The fourth-order valence-electron chi connectivity index (χ4n) is 3.18. The molecule has 10 heteroatoms. The number of hydrogen-bond acceptors (Lipinski definition) is 5. The number of amidine groups is 2. The number of carbonyl (C=O) groups is 2. The zero-order valence-corrected chi connectivity index (χ0v) is 16.5. The summed E-state index contributed by atoms with van der Waals surface area (Å²) in [5.41, 5.74) is -0.0203. The Morgan fingerprint density at radius 2 is 1.83 bits per heavy atom. The van der Waals surface area contributed by atoms with Gasteiger partial charge in [-0.2, -0.15) is 22.6 Å². The second-order valence-electron chi connectivity index (χ2n) is 7.21. The zero-order chi connectivity index (χ0) is 20.9. The first kappa shape index (κ1) is 19.8. The Labute approximate surface area is 169 Å². The molecule has 3 amide bonds. The quantitative estimate of drug-likeness (QED) is 0.700. The molecule has 0 spiro atoms. The summed E-state index contributed by atoms with van der Waals surface area (Å²) in [6, 6.07) is 4.47. The van der Waals surface area contributed by atoms with Crippen LogP contribution >= 0.6 is 11.8 Å². The minimum atomic E-state index is -4.38. The molecule has 29 heavy (non-hydrogen) atoms. The highest BCUT2D eigenvalue weighted by molar-refractivity contribution is 8.13. The summed E-state index contributed by atoms with van der Waals surface area (Å²) in [6.45, 7) is 0. The molecule has 4 rings (SSSR count). The first-order valence-corrected chi connectivity index (χ1v) is 10.0. The number of rotatable bonds is 3. The zero-order valence-electron chi connectivity index (χ0n) is 15.7. The summed E-state index contributed by atoms with van der Waals surface area (Å²) in [4.78, 5) is 35.2. The van der Waals surface area contributed by atoms with Gasteiger partial charge in [0.05, 0.1) is 19.7 Å². The Hall–Kier alpha value is -2.49. The van der Waals surface area contributed by atoms with Crippen molar-refractivity contribution < 1.29 is 27.3 Å². The molecule has 1 unspecified atom stereocenters. The van der Waals surface area contributed by atoms with Crippen LogP contribution in [-0.4, -0.2) is 52.2 Å². The summed E-state index contributed by atoms with van der Waals surface area (Å²) in [7, 11) is 2.99. The lowest BCUT2D eigenvalue weighted by Crippen LogP contribution is -2.54. The molecule has 1 aromatic rings. The van der Waals surface area contributed by atoms with Crippen molar-refractivity contribution in [1.29, 1.82) is 0 Å². The van der Waals surface area contributed by atoms with Crippen LogP contribution < -0.4 is 0 Å². The van der Waals surface area contributed by atoms with Crippen molar-refractivity contribution in [3.8, 4) is 0 Å². The molecule has 1 fully saturated rings. The van der Waals surface area contributed by atoms with Gasteiger partial charge in [-0.05, 0) is 30.5 Å². The van der Waals surface area contributed by atoms with Crippen molar-refractivity contribution in [2.45, 2.75) is 24.8 Å². The number of halogens is 3. The Kier molecular flexibility index (Phi) is 4.84. The van der Waals surface area contributed by atoms with E-state index in [1.165, 1.54) is 35.5 Å². The van der Waals surface area contributed by atoms with Gasteiger partial charge in [0.2, 0.25) is 5.84 Å². The van der Waals surface area contributed by atoms with Gasteiger partial charge in [0.25, 0.3) is 5.84 Å². The van der Waals surface area contributed by atoms with Crippen LogP contribution in [0, 0.1) is 11.8 Å². The first-order chi connectivity index (χ1) is 13.7. The lowest BCUT2D eigenvalue weighted by atomic mass is 10.0. The van der Waals surface area contributed by atoms with Crippen molar-refractivity contribution in [2.24, 2.45) is 21.8 Å². The van der Waals surface area contributed by atoms with E-state index in [1.54, 1.807) is 7.05 Å². The molecule has 2 aliphatic heterocycles. The maximum absolute atomic E-state index is 12.8. The fourth-order valence-corrected chi connectivity index (χ4v) is 4.22. The lowest BCUT2D eigenvalue weighted by Gasteiger charge is -2.26. The highest BCUT2D eigenvalue weighted by atomic mass is 32.2. The third kappa shape index (κ3) is 3.73. The second-order valence-corrected chi connectivity index (χ2v) is 8.20. The average Bonchev–Trinajstić information content (AvgIpc) is 3.53. The van der Waals surface area contributed by atoms with Crippen LogP contribution in [0.5, 0.6) is 0 Å². The van der Waals surface area contributed by atoms with Gasteiger partial charge < -0.3 is 0 Å². The van der Waals surface area contributed by atoms with E-state index in [2.05, 4.69) is 9.98 Å². The molecule has 3 aliphatic rings. The average molecular weight is 423 g/mol. The molecular weight excluding hydrogens is 405 g/mol. The standard InChI is InChI=1S/C19H18F3N4O2S/c1-25-15-13(17(27)26(2)18(25)28)16(24-14(23-15)11-5-6-11)29-9-10-3-7-12(8-4-10)19(20,21)22/h3-4,7-8,11,13H,5-6,9H2,1-2H3/q+1. The molecular formula is C19H18F3N4O2S+. The van der Waals surface area contributed by atoms with Crippen molar-refractivity contribution in [3.05, 3.63) is 35.4 Å². The number of urea groups is 1. The number of hydrogen-bond donors (Lipinski definition) is 0. The van der Waals surface area contributed by atoms with Crippen LogP contribution in [0.3, 0.4) is 0 Å². The number of alkyl halides is 3. The maximum Gasteiger partial charge on any atom is 0.445 e. The lowest BCUT2D eigenvalue weighted by molar-refractivity contribution is -0.407. The molecule has 1 saturated carbocycles. The third-order valence-electron chi connectivity index (χ3n) is 5.06. The summed E-state index contributed by atoms with van der Waals surface area (Å²) in [5.74, 6) is 0.384. The minimum absolute atomic E-state index is 0.225. The van der Waals surface area contributed by atoms with Crippen molar-refractivity contribution in [1.82, 2.24) is 4.90 Å². The van der Waals surface area contributed by atoms with Gasteiger partial charge in [0.15, 0.2) is 5.92 Å². The van der Waals surface area contributed by atoms with E-state index >= 15 is 0 Å². The molecule has 6 nitrogen and oxygen atoms in total. The van der Waals surface area contributed by atoms with Gasteiger partial charge in [0.1, 0.15) is 5.04 Å². The van der Waals surface area contributed by atoms with Crippen LogP contribution in [0.2, 0.25) is 0 Å². The summed E-state index contributed by atoms with van der Waals surface area (Å²) in [5, 5.41) is 0.521. The molecule has 1 aliphatic carbocycles. The minimum Gasteiger partial charge on any atom is -0.255 e. The number of aliphatic imine (C=N–C) groups is 2. The van der Waals surface area contributed by atoms with E-state index in [1.807, 2.05) is 0 Å². The van der Waals surface area contributed by atoms with E-state index < -0.39 is 29.6 Å². The Bertz CT molecular complexity index is 978. The Morgan fingerprint density at radius 3 is 2.41 bits per heavy atom.